The number of hydrogen-bond donors (Lipinski definition) is 2. The topological polar surface area (TPSA) is 131 Å². The van der Waals surface area contributed by atoms with E-state index in [2.05, 4.69) is 10.3 Å². The van der Waals surface area contributed by atoms with Gasteiger partial charge in [-0.05, 0) is 32.9 Å². The highest BCUT2D eigenvalue weighted by molar-refractivity contribution is 6.13. The molecule has 2 aromatic heterocycles. The number of furan rings is 1. The number of amides is 2. The van der Waals surface area contributed by atoms with Crippen molar-refractivity contribution in [3.63, 3.8) is 0 Å². The maximum atomic E-state index is 13.2. The zero-order valence-corrected chi connectivity index (χ0v) is 17.9. The molecule has 0 fully saturated rings. The fourth-order valence-corrected chi connectivity index (χ4v) is 3.51. The minimum Gasteiger partial charge on any atom is -0.477 e. The Balaban J connectivity index is 1.91. The summed E-state index contributed by atoms with van der Waals surface area (Å²) in [5, 5.41) is 11.8. The zero-order chi connectivity index (χ0) is 22.8. The van der Waals surface area contributed by atoms with Crippen LogP contribution in [0.4, 0.5) is 5.69 Å². The van der Waals surface area contributed by atoms with Crippen LogP contribution in [-0.4, -0.2) is 65.2 Å². The Hall–Kier alpha value is -3.40. The summed E-state index contributed by atoms with van der Waals surface area (Å²) < 4.78 is 16.1. The lowest BCUT2D eigenvalue weighted by Gasteiger charge is -2.41. The number of rotatable bonds is 8. The summed E-state index contributed by atoms with van der Waals surface area (Å²) in [5.74, 6) is -1.70. The molecule has 31 heavy (non-hydrogen) atoms. The molecule has 0 bridgehead atoms. The molecule has 0 aromatic carbocycles. The van der Waals surface area contributed by atoms with Crippen LogP contribution < -0.4 is 10.1 Å². The summed E-state index contributed by atoms with van der Waals surface area (Å²) in [4.78, 5) is 42.9. The maximum absolute atomic E-state index is 13.2. The van der Waals surface area contributed by atoms with Crippen molar-refractivity contribution in [3.8, 4) is 5.88 Å². The van der Waals surface area contributed by atoms with Gasteiger partial charge in [0.1, 0.15) is 17.7 Å². The van der Waals surface area contributed by atoms with Gasteiger partial charge in [-0.15, -0.1) is 0 Å². The van der Waals surface area contributed by atoms with Gasteiger partial charge in [-0.1, -0.05) is 0 Å². The summed E-state index contributed by atoms with van der Waals surface area (Å²) in [5.41, 5.74) is -0.226. The average Bonchev–Trinajstić information content (AvgIpc) is 3.12. The fourth-order valence-electron chi connectivity index (χ4n) is 3.51. The summed E-state index contributed by atoms with van der Waals surface area (Å²) in [6.07, 6.45) is 1.71. The molecule has 3 rings (SSSR count). The van der Waals surface area contributed by atoms with Gasteiger partial charge in [-0.3, -0.25) is 9.59 Å². The normalized spacial score (nSPS) is 14.8. The van der Waals surface area contributed by atoms with Gasteiger partial charge in [-0.2, -0.15) is 0 Å². The number of carbonyl (C=O) groups excluding carboxylic acids is 2. The second-order valence-corrected chi connectivity index (χ2v) is 7.63. The van der Waals surface area contributed by atoms with E-state index in [0.29, 0.717) is 25.3 Å². The third kappa shape index (κ3) is 4.38. The second kappa shape index (κ2) is 8.76. The third-order valence-electron chi connectivity index (χ3n) is 5.02. The molecule has 10 nitrogen and oxygen atoms in total. The van der Waals surface area contributed by atoms with Crippen LogP contribution in [0.15, 0.2) is 22.8 Å². The van der Waals surface area contributed by atoms with Crippen molar-refractivity contribution in [2.24, 2.45) is 0 Å². The van der Waals surface area contributed by atoms with Crippen molar-refractivity contribution in [2.45, 2.75) is 32.7 Å². The number of aromatic nitrogens is 1. The molecule has 0 saturated heterocycles. The first-order valence-electron chi connectivity index (χ1n) is 9.79. The summed E-state index contributed by atoms with van der Waals surface area (Å²) >= 11 is 0. The second-order valence-electron chi connectivity index (χ2n) is 7.63. The van der Waals surface area contributed by atoms with Crippen molar-refractivity contribution in [2.75, 3.05) is 32.2 Å². The number of ether oxygens (including phenoxy) is 2. The summed E-state index contributed by atoms with van der Waals surface area (Å²) in [6.45, 7) is 6.53. The molecule has 0 radical (unpaired) electrons. The van der Waals surface area contributed by atoms with E-state index in [1.165, 1.54) is 18.4 Å². The third-order valence-corrected chi connectivity index (χ3v) is 5.02. The highest BCUT2D eigenvalue weighted by Crippen LogP contribution is 2.34. The average molecular weight is 431 g/mol. The van der Waals surface area contributed by atoms with E-state index in [9.17, 15) is 14.4 Å². The summed E-state index contributed by atoms with van der Waals surface area (Å²) in [6, 6.07) is 2.65. The highest BCUT2D eigenvalue weighted by atomic mass is 16.5. The van der Waals surface area contributed by atoms with E-state index in [1.807, 2.05) is 13.8 Å². The van der Waals surface area contributed by atoms with Crippen LogP contribution in [0.2, 0.25) is 0 Å². The van der Waals surface area contributed by atoms with Gasteiger partial charge in [-0.25, -0.2) is 9.78 Å². The molecule has 3 heterocycles. The van der Waals surface area contributed by atoms with Crippen molar-refractivity contribution in [1.82, 2.24) is 9.88 Å². The van der Waals surface area contributed by atoms with E-state index < -0.39 is 17.4 Å². The van der Waals surface area contributed by atoms with E-state index in [4.69, 9.17) is 19.0 Å². The number of nitrogens with one attached hydrogen (secondary N) is 1. The number of pyridine rings is 1. The molecule has 2 aromatic rings. The molecule has 2 N–H and O–H groups in total. The number of hydrogen-bond acceptors (Lipinski definition) is 7. The van der Waals surface area contributed by atoms with Gasteiger partial charge in [0.25, 0.3) is 11.8 Å². The Morgan fingerprint density at radius 1 is 1.35 bits per heavy atom. The first kappa shape index (κ1) is 22.3. The van der Waals surface area contributed by atoms with Crippen LogP contribution in [0.25, 0.3) is 0 Å². The molecule has 0 saturated carbocycles. The molecular weight excluding hydrogens is 406 g/mol. The molecule has 0 atom stereocenters. The minimum absolute atomic E-state index is 0.0257. The Bertz CT molecular complexity index is 1010. The molecule has 2 amide bonds. The number of anilines is 1. The lowest BCUT2D eigenvalue weighted by molar-refractivity contribution is 0.0388. The Labute approximate surface area is 179 Å². The van der Waals surface area contributed by atoms with E-state index in [-0.39, 0.29) is 40.9 Å². The predicted molar refractivity (Wildman–Crippen MR) is 110 cm³/mol. The van der Waals surface area contributed by atoms with Crippen LogP contribution >= 0.6 is 0 Å². The number of aromatic carboxylic acids is 1. The van der Waals surface area contributed by atoms with Crippen molar-refractivity contribution >= 4 is 23.5 Å². The Kier molecular flexibility index (Phi) is 6.30. The van der Waals surface area contributed by atoms with Gasteiger partial charge in [0.05, 0.1) is 24.3 Å². The van der Waals surface area contributed by atoms with Crippen molar-refractivity contribution in [1.29, 1.82) is 0 Å². The van der Waals surface area contributed by atoms with E-state index >= 15 is 0 Å². The number of carbonyl (C=O) groups is 3. The van der Waals surface area contributed by atoms with Gasteiger partial charge >= 0.3 is 5.97 Å². The van der Waals surface area contributed by atoms with Gasteiger partial charge in [0.2, 0.25) is 5.88 Å². The molecule has 1 aliphatic rings. The SMILES string of the molecule is CCOc1nc(C(=O)O)ccc1NC(=O)c1coc2c1C(=O)N(CCOC)C(C)(C)C2. The van der Waals surface area contributed by atoms with Gasteiger partial charge in [0, 0.05) is 25.6 Å². The molecule has 0 unspecified atom stereocenters. The van der Waals surface area contributed by atoms with Gasteiger partial charge < -0.3 is 29.2 Å². The molecule has 10 heteroatoms. The lowest BCUT2D eigenvalue weighted by atomic mass is 9.88. The quantitative estimate of drug-likeness (QED) is 0.652. The predicted octanol–water partition coefficient (Wildman–Crippen LogP) is 2.45. The largest absolute Gasteiger partial charge is 0.477 e. The number of carboxylic acids is 1. The number of fused-ring (bicyclic) bond motifs is 1. The van der Waals surface area contributed by atoms with Crippen LogP contribution in [0, 0.1) is 0 Å². The molecule has 0 spiro atoms. The van der Waals surface area contributed by atoms with Crippen LogP contribution in [0.3, 0.4) is 0 Å². The smallest absolute Gasteiger partial charge is 0.354 e. The molecule has 1 aliphatic heterocycles. The molecule has 0 aliphatic carbocycles. The van der Waals surface area contributed by atoms with Crippen LogP contribution in [-0.2, 0) is 11.2 Å². The van der Waals surface area contributed by atoms with Crippen LogP contribution in [0.1, 0.15) is 57.7 Å². The fraction of sp³-hybridized carbons (Fsp3) is 0.429. The molecule has 166 valence electrons. The summed E-state index contributed by atoms with van der Waals surface area (Å²) in [7, 11) is 1.56. The Morgan fingerprint density at radius 3 is 2.74 bits per heavy atom. The monoisotopic (exact) mass is 431 g/mol. The lowest BCUT2D eigenvalue weighted by Crippen LogP contribution is -2.53. The van der Waals surface area contributed by atoms with Crippen molar-refractivity contribution in [3.05, 3.63) is 41.0 Å². The molecular formula is C21H25N3O7. The number of nitrogens with zero attached hydrogens (tertiary/aromatic N) is 2. The van der Waals surface area contributed by atoms with Gasteiger partial charge in [0.15, 0.2) is 5.69 Å². The first-order valence-corrected chi connectivity index (χ1v) is 9.79. The first-order chi connectivity index (χ1) is 14.7. The highest BCUT2D eigenvalue weighted by Gasteiger charge is 2.42. The van der Waals surface area contributed by atoms with E-state index in [1.54, 1.807) is 18.9 Å². The maximum Gasteiger partial charge on any atom is 0.354 e. The Morgan fingerprint density at radius 2 is 2.10 bits per heavy atom. The number of carboxylic acid groups (broad SMARTS) is 1. The van der Waals surface area contributed by atoms with E-state index in [0.717, 1.165) is 0 Å². The standard InChI is InChI=1S/C21H25N3O7/c1-5-30-18-13(6-7-14(23-18)20(27)28)22-17(25)12-11-31-15-10-21(2,3)24(8-9-29-4)19(26)16(12)15/h6-7,11H,5,8-10H2,1-4H3,(H,22,25)(H,27,28). The minimum atomic E-state index is -1.22. The van der Waals surface area contributed by atoms with Crippen LogP contribution in [0.5, 0.6) is 5.88 Å². The van der Waals surface area contributed by atoms with Crippen molar-refractivity contribution < 1.29 is 33.4 Å². The number of methoxy groups -OCH3 is 1. The zero-order valence-electron chi connectivity index (χ0n) is 17.9.